The van der Waals surface area contributed by atoms with Crippen molar-refractivity contribution in [3.05, 3.63) is 21.0 Å². The lowest BCUT2D eigenvalue weighted by molar-refractivity contribution is -0.118. The van der Waals surface area contributed by atoms with E-state index < -0.39 is 0 Å². The second-order valence-electron chi connectivity index (χ2n) is 3.40. The average molecular weight is 303 g/mol. The Balaban J connectivity index is 2.63. The van der Waals surface area contributed by atoms with Crippen LogP contribution in [0.4, 0.5) is 5.69 Å². The van der Waals surface area contributed by atoms with Crippen LogP contribution >= 0.6 is 15.9 Å². The van der Waals surface area contributed by atoms with Crippen molar-refractivity contribution >= 4 is 27.5 Å². The molecule has 0 fully saturated rings. The van der Waals surface area contributed by atoms with E-state index >= 15 is 0 Å². The fourth-order valence-corrected chi connectivity index (χ4v) is 1.70. The van der Waals surface area contributed by atoms with Crippen LogP contribution in [0.3, 0.4) is 0 Å². The number of aromatic nitrogens is 2. The van der Waals surface area contributed by atoms with Crippen LogP contribution in [-0.4, -0.2) is 28.8 Å². The first-order valence-corrected chi connectivity index (χ1v) is 6.09. The van der Waals surface area contributed by atoms with Gasteiger partial charge < -0.3 is 10.6 Å². The van der Waals surface area contributed by atoms with Gasteiger partial charge in [-0.05, 0) is 22.9 Å². The second kappa shape index (κ2) is 6.39. The van der Waals surface area contributed by atoms with Gasteiger partial charge >= 0.3 is 0 Å². The third-order valence-corrected chi connectivity index (χ3v) is 2.87. The van der Waals surface area contributed by atoms with E-state index in [1.165, 1.54) is 11.6 Å². The summed E-state index contributed by atoms with van der Waals surface area (Å²) in [6.45, 7) is 4.88. The molecule has 1 rings (SSSR count). The minimum absolute atomic E-state index is 0.0783. The Bertz CT molecular complexity index is 458. The van der Waals surface area contributed by atoms with Crippen LogP contribution in [0.5, 0.6) is 0 Å². The number of carbonyl (C=O) groups excluding carboxylic acids is 1. The van der Waals surface area contributed by atoms with E-state index in [2.05, 4.69) is 31.7 Å². The monoisotopic (exact) mass is 302 g/mol. The van der Waals surface area contributed by atoms with Crippen LogP contribution in [0, 0.1) is 0 Å². The number of nitrogens with zero attached hydrogens (tertiary/aromatic N) is 2. The van der Waals surface area contributed by atoms with E-state index in [-0.39, 0.29) is 11.5 Å². The average Bonchev–Trinajstić information content (AvgIpc) is 2.29. The van der Waals surface area contributed by atoms with Crippen LogP contribution < -0.4 is 16.2 Å². The highest BCUT2D eigenvalue weighted by atomic mass is 79.9. The Morgan fingerprint density at radius 3 is 2.82 bits per heavy atom. The third-order valence-electron chi connectivity index (χ3n) is 2.10. The summed E-state index contributed by atoms with van der Waals surface area (Å²) < 4.78 is 1.82. The molecular weight excluding hydrogens is 288 g/mol. The third kappa shape index (κ3) is 3.85. The molecule has 7 heteroatoms. The van der Waals surface area contributed by atoms with Crippen molar-refractivity contribution < 1.29 is 4.79 Å². The van der Waals surface area contributed by atoms with Crippen LogP contribution in [0.2, 0.25) is 0 Å². The lowest BCUT2D eigenvalue weighted by atomic mass is 10.4. The zero-order chi connectivity index (χ0) is 12.8. The first kappa shape index (κ1) is 13.7. The lowest BCUT2D eigenvalue weighted by Crippen LogP contribution is -2.28. The topological polar surface area (TPSA) is 76.0 Å². The van der Waals surface area contributed by atoms with Gasteiger partial charge in [-0.15, -0.1) is 0 Å². The van der Waals surface area contributed by atoms with Crippen molar-refractivity contribution in [2.45, 2.75) is 20.4 Å². The molecule has 1 aromatic heterocycles. The van der Waals surface area contributed by atoms with Gasteiger partial charge in [-0.25, -0.2) is 4.68 Å². The number of halogens is 1. The Hall–Kier alpha value is -1.37. The molecule has 1 amide bonds. The Morgan fingerprint density at radius 1 is 1.53 bits per heavy atom. The molecule has 1 heterocycles. The minimum atomic E-state index is -0.169. The quantitative estimate of drug-likeness (QED) is 0.780. The molecule has 0 aliphatic carbocycles. The molecule has 0 unspecified atom stereocenters. The minimum Gasteiger partial charge on any atom is -0.381 e. The van der Waals surface area contributed by atoms with E-state index in [0.717, 1.165) is 0 Å². The van der Waals surface area contributed by atoms with Gasteiger partial charge in [0, 0.05) is 26.6 Å². The number of nitrogens with one attached hydrogen (secondary N) is 2. The molecule has 0 spiro atoms. The highest BCUT2D eigenvalue weighted by Gasteiger charge is 2.06. The van der Waals surface area contributed by atoms with Gasteiger partial charge in [0.05, 0.1) is 11.9 Å². The summed E-state index contributed by atoms with van der Waals surface area (Å²) in [6.07, 6.45) is 1.59. The molecule has 0 bridgehead atoms. The maximum Gasteiger partial charge on any atom is 0.283 e. The zero-order valence-electron chi connectivity index (χ0n) is 9.79. The molecular formula is C10H15BrN4O2. The molecule has 6 nitrogen and oxygen atoms in total. The SMILES string of the molecule is CCn1ncc(NCCNC(C)=O)c(Br)c1=O. The molecule has 2 N–H and O–H groups in total. The molecule has 94 valence electrons. The Labute approximate surface area is 108 Å². The van der Waals surface area contributed by atoms with E-state index in [4.69, 9.17) is 0 Å². The van der Waals surface area contributed by atoms with Crippen molar-refractivity contribution in [1.82, 2.24) is 15.1 Å². The van der Waals surface area contributed by atoms with Crippen molar-refractivity contribution in [1.29, 1.82) is 0 Å². The highest BCUT2D eigenvalue weighted by molar-refractivity contribution is 9.10. The predicted octanol–water partition coefficient (Wildman–Crippen LogP) is 0.574. The van der Waals surface area contributed by atoms with Gasteiger partial charge in [0.2, 0.25) is 5.91 Å². The summed E-state index contributed by atoms with van der Waals surface area (Å²) in [7, 11) is 0. The number of rotatable bonds is 5. The van der Waals surface area contributed by atoms with E-state index in [1.807, 2.05) is 6.92 Å². The first-order chi connectivity index (χ1) is 8.06. The van der Waals surface area contributed by atoms with Gasteiger partial charge in [-0.3, -0.25) is 9.59 Å². The maximum atomic E-state index is 11.7. The fourth-order valence-electron chi connectivity index (χ4n) is 1.25. The number of carbonyl (C=O) groups is 1. The van der Waals surface area contributed by atoms with Crippen molar-refractivity contribution in [3.63, 3.8) is 0 Å². The largest absolute Gasteiger partial charge is 0.381 e. The van der Waals surface area contributed by atoms with E-state index in [0.29, 0.717) is 29.8 Å². The molecule has 0 aliphatic heterocycles. The van der Waals surface area contributed by atoms with Gasteiger partial charge in [0.25, 0.3) is 5.56 Å². The fraction of sp³-hybridized carbons (Fsp3) is 0.500. The van der Waals surface area contributed by atoms with Crippen LogP contribution in [-0.2, 0) is 11.3 Å². The molecule has 0 atom stereocenters. The Kier molecular flexibility index (Phi) is 5.14. The van der Waals surface area contributed by atoms with Crippen molar-refractivity contribution in [3.8, 4) is 0 Å². The number of aryl methyl sites for hydroxylation is 1. The number of amides is 1. The summed E-state index contributed by atoms with van der Waals surface area (Å²) in [5.74, 6) is -0.0783. The summed E-state index contributed by atoms with van der Waals surface area (Å²) in [6, 6.07) is 0. The van der Waals surface area contributed by atoms with Crippen LogP contribution in [0.15, 0.2) is 15.5 Å². The van der Waals surface area contributed by atoms with Crippen LogP contribution in [0.1, 0.15) is 13.8 Å². The van der Waals surface area contributed by atoms with Gasteiger partial charge in [0.15, 0.2) is 0 Å². The maximum absolute atomic E-state index is 11.7. The van der Waals surface area contributed by atoms with E-state index in [1.54, 1.807) is 6.20 Å². The van der Waals surface area contributed by atoms with Gasteiger partial charge in [0.1, 0.15) is 4.47 Å². The molecule has 0 saturated carbocycles. The summed E-state index contributed by atoms with van der Waals surface area (Å²) >= 11 is 3.23. The smallest absolute Gasteiger partial charge is 0.283 e. The highest BCUT2D eigenvalue weighted by Crippen LogP contribution is 2.15. The molecule has 0 aromatic carbocycles. The van der Waals surface area contributed by atoms with Crippen molar-refractivity contribution in [2.24, 2.45) is 0 Å². The predicted molar refractivity (Wildman–Crippen MR) is 69.0 cm³/mol. The van der Waals surface area contributed by atoms with Crippen LogP contribution in [0.25, 0.3) is 0 Å². The number of anilines is 1. The number of hydrogen-bond acceptors (Lipinski definition) is 4. The lowest BCUT2D eigenvalue weighted by Gasteiger charge is -2.09. The molecule has 0 radical (unpaired) electrons. The van der Waals surface area contributed by atoms with Crippen molar-refractivity contribution in [2.75, 3.05) is 18.4 Å². The van der Waals surface area contributed by atoms with Gasteiger partial charge in [-0.1, -0.05) is 0 Å². The molecule has 0 saturated heterocycles. The zero-order valence-corrected chi connectivity index (χ0v) is 11.4. The second-order valence-corrected chi connectivity index (χ2v) is 4.20. The summed E-state index contributed by atoms with van der Waals surface area (Å²) in [5.41, 5.74) is 0.460. The molecule has 1 aromatic rings. The summed E-state index contributed by atoms with van der Waals surface area (Å²) in [5, 5.41) is 9.67. The van der Waals surface area contributed by atoms with Gasteiger partial charge in [-0.2, -0.15) is 5.10 Å². The molecule has 17 heavy (non-hydrogen) atoms. The summed E-state index contributed by atoms with van der Waals surface area (Å²) in [4.78, 5) is 22.4. The van der Waals surface area contributed by atoms with E-state index in [9.17, 15) is 9.59 Å². The Morgan fingerprint density at radius 2 is 2.24 bits per heavy atom. The number of hydrogen-bond donors (Lipinski definition) is 2. The molecule has 0 aliphatic rings. The first-order valence-electron chi connectivity index (χ1n) is 5.30. The standard InChI is InChI=1S/C10H15BrN4O2/c1-3-15-10(17)9(11)8(6-14-15)13-5-4-12-7(2)16/h6,13H,3-5H2,1-2H3,(H,12,16). The normalized spacial score (nSPS) is 10.1.